The summed E-state index contributed by atoms with van der Waals surface area (Å²) in [5, 5.41) is 15.2. The fourth-order valence-electron chi connectivity index (χ4n) is 1.40. The number of carbonyl (C=O) groups is 1. The van der Waals surface area contributed by atoms with Gasteiger partial charge in [0.15, 0.2) is 0 Å². The van der Waals surface area contributed by atoms with Crippen molar-refractivity contribution in [3.8, 4) is 6.07 Å². The molecule has 0 saturated heterocycles. The van der Waals surface area contributed by atoms with Crippen molar-refractivity contribution >= 4 is 17.6 Å². The number of nitrogens with zero attached hydrogens (tertiary/aromatic N) is 2. The van der Waals surface area contributed by atoms with Gasteiger partial charge in [-0.25, -0.2) is 4.79 Å². The Morgan fingerprint density at radius 1 is 1.42 bits per heavy atom. The van der Waals surface area contributed by atoms with Gasteiger partial charge in [-0.05, 0) is 17.7 Å². The summed E-state index contributed by atoms with van der Waals surface area (Å²) < 4.78 is 0. The molecular formula is C13H17ClN4O. The van der Waals surface area contributed by atoms with Crippen LogP contribution >= 0.6 is 11.6 Å². The van der Waals surface area contributed by atoms with Crippen LogP contribution in [-0.4, -0.2) is 38.1 Å². The van der Waals surface area contributed by atoms with E-state index >= 15 is 0 Å². The van der Waals surface area contributed by atoms with Crippen LogP contribution in [0.1, 0.15) is 11.1 Å². The van der Waals surface area contributed by atoms with Gasteiger partial charge in [0.05, 0.1) is 11.6 Å². The molecule has 2 N–H and O–H groups in total. The minimum atomic E-state index is -0.113. The Kier molecular flexibility index (Phi) is 6.13. The molecule has 5 nitrogen and oxygen atoms in total. The molecule has 0 aliphatic carbocycles. The van der Waals surface area contributed by atoms with Gasteiger partial charge in [0.1, 0.15) is 0 Å². The number of hydrogen-bond donors (Lipinski definition) is 2. The lowest BCUT2D eigenvalue weighted by Crippen LogP contribution is -2.38. The van der Waals surface area contributed by atoms with E-state index in [-0.39, 0.29) is 6.03 Å². The van der Waals surface area contributed by atoms with E-state index in [1.807, 2.05) is 12.1 Å². The highest BCUT2D eigenvalue weighted by Crippen LogP contribution is 2.17. The first kappa shape index (κ1) is 15.3. The molecule has 6 heteroatoms. The molecular weight excluding hydrogens is 264 g/mol. The maximum atomic E-state index is 11.2. The number of carbonyl (C=O) groups excluding carboxylic acids is 1. The number of amides is 2. The molecule has 0 aliphatic heterocycles. The zero-order chi connectivity index (χ0) is 14.3. The molecule has 2 amide bonds. The molecule has 0 aromatic heterocycles. The number of nitriles is 1. The highest BCUT2D eigenvalue weighted by Gasteiger charge is 2.03. The Hall–Kier alpha value is -1.77. The second-order valence-electron chi connectivity index (χ2n) is 4.22. The summed E-state index contributed by atoms with van der Waals surface area (Å²) in [5.41, 5.74) is 1.48. The molecule has 1 rings (SSSR count). The molecule has 0 bridgehead atoms. The van der Waals surface area contributed by atoms with Gasteiger partial charge >= 0.3 is 6.03 Å². The summed E-state index contributed by atoms with van der Waals surface area (Å²) in [7, 11) is 3.39. The Bertz CT molecular complexity index is 482. The third-order valence-corrected chi connectivity index (χ3v) is 2.83. The van der Waals surface area contributed by atoms with Crippen LogP contribution in [0.15, 0.2) is 18.2 Å². The summed E-state index contributed by atoms with van der Waals surface area (Å²) in [6.45, 7) is 1.79. The van der Waals surface area contributed by atoms with E-state index in [1.165, 1.54) is 4.90 Å². The quantitative estimate of drug-likeness (QED) is 0.805. The minimum Gasteiger partial charge on any atom is -0.337 e. The van der Waals surface area contributed by atoms with Gasteiger partial charge in [-0.2, -0.15) is 5.26 Å². The van der Waals surface area contributed by atoms with Gasteiger partial charge in [0.25, 0.3) is 0 Å². The number of nitrogens with one attached hydrogen (secondary N) is 2. The number of urea groups is 1. The van der Waals surface area contributed by atoms with Crippen LogP contribution in [0.3, 0.4) is 0 Å². The normalized spacial score (nSPS) is 9.79. The molecule has 0 fully saturated rings. The van der Waals surface area contributed by atoms with E-state index in [0.717, 1.165) is 5.56 Å². The van der Waals surface area contributed by atoms with Gasteiger partial charge in [-0.1, -0.05) is 17.7 Å². The molecule has 0 saturated carbocycles. The number of benzene rings is 1. The fraction of sp³-hybridized carbons (Fsp3) is 0.385. The molecule has 19 heavy (non-hydrogen) atoms. The van der Waals surface area contributed by atoms with Crippen LogP contribution in [0.25, 0.3) is 0 Å². The van der Waals surface area contributed by atoms with Crippen molar-refractivity contribution in [1.82, 2.24) is 15.5 Å². The summed E-state index contributed by atoms with van der Waals surface area (Å²) in [4.78, 5) is 12.7. The average molecular weight is 281 g/mol. The predicted molar refractivity (Wildman–Crippen MR) is 75.0 cm³/mol. The topological polar surface area (TPSA) is 68.2 Å². The van der Waals surface area contributed by atoms with Crippen LogP contribution in [0, 0.1) is 11.3 Å². The van der Waals surface area contributed by atoms with E-state index in [0.29, 0.717) is 30.2 Å². The van der Waals surface area contributed by atoms with Crippen LogP contribution in [0.4, 0.5) is 4.79 Å². The summed E-state index contributed by atoms with van der Waals surface area (Å²) in [5.74, 6) is 0. The largest absolute Gasteiger partial charge is 0.337 e. The van der Waals surface area contributed by atoms with Gasteiger partial charge in [0.2, 0.25) is 0 Å². The lowest BCUT2D eigenvalue weighted by atomic mass is 10.1. The summed E-state index contributed by atoms with van der Waals surface area (Å²) >= 11 is 6.05. The monoisotopic (exact) mass is 280 g/mol. The van der Waals surface area contributed by atoms with Gasteiger partial charge in [-0.15, -0.1) is 0 Å². The minimum absolute atomic E-state index is 0.113. The predicted octanol–water partition coefficient (Wildman–Crippen LogP) is 1.57. The molecule has 0 heterocycles. The zero-order valence-corrected chi connectivity index (χ0v) is 11.8. The average Bonchev–Trinajstić information content (AvgIpc) is 2.39. The second kappa shape index (κ2) is 7.62. The number of hydrogen-bond acceptors (Lipinski definition) is 3. The zero-order valence-electron chi connectivity index (χ0n) is 11.0. The smallest absolute Gasteiger partial charge is 0.316 e. The highest BCUT2D eigenvalue weighted by atomic mass is 35.5. The maximum absolute atomic E-state index is 11.2. The second-order valence-corrected chi connectivity index (χ2v) is 4.63. The van der Waals surface area contributed by atoms with Crippen molar-refractivity contribution in [2.45, 2.75) is 6.54 Å². The SMILES string of the molecule is CN(C)C(=O)NCCNCc1ccc(C#N)cc1Cl. The molecule has 0 spiro atoms. The molecule has 0 unspecified atom stereocenters. The molecule has 1 aromatic rings. The van der Waals surface area contributed by atoms with Gasteiger partial charge in [-0.3, -0.25) is 0 Å². The highest BCUT2D eigenvalue weighted by molar-refractivity contribution is 6.31. The molecule has 1 aromatic carbocycles. The van der Waals surface area contributed by atoms with Crippen molar-refractivity contribution in [3.05, 3.63) is 34.3 Å². The van der Waals surface area contributed by atoms with Crippen LogP contribution in [0.2, 0.25) is 5.02 Å². The van der Waals surface area contributed by atoms with E-state index in [1.54, 1.807) is 26.2 Å². The number of rotatable bonds is 5. The number of halogens is 1. The van der Waals surface area contributed by atoms with E-state index < -0.39 is 0 Å². The summed E-state index contributed by atoms with van der Waals surface area (Å²) in [6, 6.07) is 7.13. The van der Waals surface area contributed by atoms with Crippen molar-refractivity contribution in [1.29, 1.82) is 5.26 Å². The Labute approximate surface area is 118 Å². The first-order valence-corrected chi connectivity index (χ1v) is 6.26. The first-order valence-electron chi connectivity index (χ1n) is 5.89. The van der Waals surface area contributed by atoms with Gasteiger partial charge in [0, 0.05) is 38.8 Å². The molecule has 0 aliphatic rings. The van der Waals surface area contributed by atoms with Crippen molar-refractivity contribution < 1.29 is 4.79 Å². The Balaban J connectivity index is 2.30. The van der Waals surface area contributed by atoms with Crippen LogP contribution < -0.4 is 10.6 Å². The van der Waals surface area contributed by atoms with Crippen molar-refractivity contribution in [3.63, 3.8) is 0 Å². The Morgan fingerprint density at radius 2 is 2.16 bits per heavy atom. The lowest BCUT2D eigenvalue weighted by Gasteiger charge is -2.12. The molecule has 102 valence electrons. The fourth-order valence-corrected chi connectivity index (χ4v) is 1.65. The maximum Gasteiger partial charge on any atom is 0.316 e. The third kappa shape index (κ3) is 5.16. The summed E-state index contributed by atoms with van der Waals surface area (Å²) in [6.07, 6.45) is 0. The lowest BCUT2D eigenvalue weighted by molar-refractivity contribution is 0.217. The standard InChI is InChI=1S/C13H17ClN4O/c1-18(2)13(19)17-6-5-16-9-11-4-3-10(8-15)7-12(11)14/h3-4,7,16H,5-6,9H2,1-2H3,(H,17,19). The van der Waals surface area contributed by atoms with Crippen LogP contribution in [-0.2, 0) is 6.54 Å². The van der Waals surface area contributed by atoms with Crippen molar-refractivity contribution in [2.75, 3.05) is 27.2 Å². The first-order chi connectivity index (χ1) is 9.04. The third-order valence-electron chi connectivity index (χ3n) is 2.48. The van der Waals surface area contributed by atoms with Crippen molar-refractivity contribution in [2.24, 2.45) is 0 Å². The molecule has 0 atom stereocenters. The van der Waals surface area contributed by atoms with Crippen LogP contribution in [0.5, 0.6) is 0 Å². The van der Waals surface area contributed by atoms with Gasteiger partial charge < -0.3 is 15.5 Å². The van der Waals surface area contributed by atoms with E-state index in [9.17, 15) is 4.79 Å². The molecule has 0 radical (unpaired) electrons. The Morgan fingerprint density at radius 3 is 2.74 bits per heavy atom. The van der Waals surface area contributed by atoms with E-state index in [2.05, 4.69) is 10.6 Å². The van der Waals surface area contributed by atoms with E-state index in [4.69, 9.17) is 16.9 Å².